The van der Waals surface area contributed by atoms with Gasteiger partial charge in [-0.1, -0.05) is 12.1 Å². The van der Waals surface area contributed by atoms with Crippen LogP contribution in [0.5, 0.6) is 0 Å². The molecule has 0 amide bonds. The summed E-state index contributed by atoms with van der Waals surface area (Å²) in [5.74, 6) is -0.875. The number of aryl methyl sites for hydroxylation is 3. The fourth-order valence-corrected chi connectivity index (χ4v) is 8.07. The lowest BCUT2D eigenvalue weighted by atomic mass is 9.75. The van der Waals surface area contributed by atoms with Crippen LogP contribution < -0.4 is 0 Å². The lowest BCUT2D eigenvalue weighted by molar-refractivity contribution is -0.148. The lowest BCUT2D eigenvalue weighted by Crippen LogP contribution is -2.31. The number of fused-ring (bicyclic) bond motifs is 1. The number of rotatable bonds is 9. The van der Waals surface area contributed by atoms with Crippen molar-refractivity contribution in [2.45, 2.75) is 77.8 Å². The van der Waals surface area contributed by atoms with E-state index in [-0.39, 0.29) is 11.8 Å². The molecule has 11 heteroatoms. The third kappa shape index (κ3) is 5.75. The number of aromatic nitrogens is 4. The smallest absolute Gasteiger partial charge is 0.309 e. The number of thiophene rings is 1. The third-order valence-electron chi connectivity index (χ3n) is 7.31. The minimum absolute atomic E-state index is 0.205. The molecular weight excluding hydrogens is 510 g/mol. The minimum atomic E-state index is -3.20. The molecule has 0 saturated carbocycles. The maximum absolute atomic E-state index is 12.3. The number of carbonyl (C=O) groups is 1. The van der Waals surface area contributed by atoms with Crippen molar-refractivity contribution in [1.82, 2.24) is 24.3 Å². The van der Waals surface area contributed by atoms with Gasteiger partial charge < -0.3 is 5.11 Å². The first-order chi connectivity index (χ1) is 17.4. The van der Waals surface area contributed by atoms with Crippen LogP contribution in [-0.2, 0) is 30.7 Å². The van der Waals surface area contributed by atoms with Crippen molar-refractivity contribution in [3.63, 3.8) is 0 Å². The van der Waals surface area contributed by atoms with Gasteiger partial charge in [0, 0.05) is 47.7 Å². The van der Waals surface area contributed by atoms with E-state index in [4.69, 9.17) is 0 Å². The molecule has 37 heavy (non-hydrogen) atoms. The Morgan fingerprint density at radius 2 is 2.11 bits per heavy atom. The molecule has 1 aliphatic heterocycles. The highest BCUT2D eigenvalue weighted by molar-refractivity contribution is 8.22. The van der Waals surface area contributed by atoms with E-state index in [0.29, 0.717) is 37.2 Å². The molecule has 9 nitrogen and oxygen atoms in total. The van der Waals surface area contributed by atoms with Gasteiger partial charge in [0.05, 0.1) is 21.7 Å². The van der Waals surface area contributed by atoms with Crippen LogP contribution in [0.15, 0.2) is 35.5 Å². The molecule has 0 fully saturated rings. The maximum Gasteiger partial charge on any atom is 0.309 e. The fourth-order valence-electron chi connectivity index (χ4n) is 4.94. The molecular formula is C26H37N5O4S2. The van der Waals surface area contributed by atoms with Crippen molar-refractivity contribution in [3.8, 4) is 0 Å². The first-order valence-corrected chi connectivity index (χ1v) is 14.9. The Morgan fingerprint density at radius 1 is 1.35 bits per heavy atom. The quantitative estimate of drug-likeness (QED) is 0.316. The fraction of sp³-hybridized carbons (Fsp3) is 0.538. The molecule has 202 valence electrons. The van der Waals surface area contributed by atoms with Crippen LogP contribution in [0.3, 0.4) is 0 Å². The van der Waals surface area contributed by atoms with E-state index >= 15 is 0 Å². The predicted octanol–water partition coefficient (Wildman–Crippen LogP) is 5.61. The van der Waals surface area contributed by atoms with Gasteiger partial charge in [0.25, 0.3) is 0 Å². The molecule has 3 N–H and O–H groups in total. The zero-order valence-electron chi connectivity index (χ0n) is 22.1. The van der Waals surface area contributed by atoms with Gasteiger partial charge in [0.15, 0.2) is 0 Å². The van der Waals surface area contributed by atoms with Crippen LogP contribution in [0.4, 0.5) is 0 Å². The highest BCUT2D eigenvalue weighted by Gasteiger charge is 2.39. The van der Waals surface area contributed by atoms with E-state index in [0.717, 1.165) is 33.3 Å². The van der Waals surface area contributed by atoms with Crippen molar-refractivity contribution in [2.75, 3.05) is 6.54 Å². The van der Waals surface area contributed by atoms with Gasteiger partial charge in [0.1, 0.15) is 0 Å². The highest BCUT2D eigenvalue weighted by Crippen LogP contribution is 2.55. The van der Waals surface area contributed by atoms with Gasteiger partial charge in [0.2, 0.25) is 0 Å². The van der Waals surface area contributed by atoms with Gasteiger partial charge in [-0.05, 0) is 76.6 Å². The van der Waals surface area contributed by atoms with E-state index in [1.165, 1.54) is 0 Å². The minimum Gasteiger partial charge on any atom is -0.481 e. The van der Waals surface area contributed by atoms with Gasteiger partial charge in [-0.15, -0.1) is 27.2 Å². The van der Waals surface area contributed by atoms with Crippen molar-refractivity contribution < 1.29 is 19.0 Å². The van der Waals surface area contributed by atoms with Crippen LogP contribution in [-0.4, -0.2) is 51.0 Å². The Labute approximate surface area is 224 Å². The Kier molecular flexibility index (Phi) is 8.10. The SMILES string of the molecule is CCn1cc(CC[C@@H](c2cc(CN3C[C@@H](C)Cc4ncccc4S3(O)O)c(C)s2)C(C)(C)C(=O)O)nn1. The van der Waals surface area contributed by atoms with Gasteiger partial charge in [-0.25, -0.2) is 0 Å². The summed E-state index contributed by atoms with van der Waals surface area (Å²) in [7, 11) is -3.20. The number of hydrogen-bond donors (Lipinski definition) is 3. The Hall–Kier alpha value is -2.31. The molecule has 0 aliphatic carbocycles. The number of pyridine rings is 1. The summed E-state index contributed by atoms with van der Waals surface area (Å²) >= 11 is 1.59. The van der Waals surface area contributed by atoms with Crippen LogP contribution in [0.1, 0.15) is 66.7 Å². The summed E-state index contributed by atoms with van der Waals surface area (Å²) in [6.45, 7) is 11.3. The predicted molar refractivity (Wildman–Crippen MR) is 146 cm³/mol. The van der Waals surface area contributed by atoms with Crippen LogP contribution in [0.2, 0.25) is 0 Å². The highest BCUT2D eigenvalue weighted by atomic mass is 32.3. The summed E-state index contributed by atoms with van der Waals surface area (Å²) < 4.78 is 26.2. The second-order valence-corrected chi connectivity index (χ2v) is 13.8. The number of nitrogens with zero attached hydrogens (tertiary/aromatic N) is 5. The largest absolute Gasteiger partial charge is 0.481 e. The van der Waals surface area contributed by atoms with Crippen molar-refractivity contribution in [3.05, 3.63) is 57.3 Å². The number of carboxylic acids is 1. The number of hydrogen-bond acceptors (Lipinski definition) is 8. The van der Waals surface area contributed by atoms with E-state index in [2.05, 4.69) is 28.3 Å². The molecule has 4 rings (SSSR count). The van der Waals surface area contributed by atoms with Crippen LogP contribution in [0, 0.1) is 18.3 Å². The van der Waals surface area contributed by atoms with Crippen molar-refractivity contribution >= 4 is 28.1 Å². The monoisotopic (exact) mass is 547 g/mol. The van der Waals surface area contributed by atoms with E-state index in [1.54, 1.807) is 52.5 Å². The Balaban J connectivity index is 1.62. The van der Waals surface area contributed by atoms with Gasteiger partial charge >= 0.3 is 5.97 Å². The number of aliphatic carboxylic acids is 1. The summed E-state index contributed by atoms with van der Waals surface area (Å²) in [6.07, 6.45) is 5.54. The molecule has 0 bridgehead atoms. The molecule has 0 spiro atoms. The van der Waals surface area contributed by atoms with Crippen molar-refractivity contribution in [1.29, 1.82) is 0 Å². The first-order valence-electron chi connectivity index (χ1n) is 12.6. The molecule has 2 atom stereocenters. The summed E-state index contributed by atoms with van der Waals surface area (Å²) in [5, 5.41) is 18.4. The average Bonchev–Trinajstić information content (AvgIpc) is 3.42. The van der Waals surface area contributed by atoms with E-state index < -0.39 is 22.2 Å². The Bertz CT molecular complexity index is 1260. The second kappa shape index (κ2) is 10.8. The third-order valence-corrected chi connectivity index (χ3v) is 10.5. The zero-order chi connectivity index (χ0) is 27.0. The van der Waals surface area contributed by atoms with Gasteiger partial charge in [-0.2, -0.15) is 4.31 Å². The number of carboxylic acid groups (broad SMARTS) is 1. The van der Waals surface area contributed by atoms with E-state index in [9.17, 15) is 19.0 Å². The summed E-state index contributed by atoms with van der Waals surface area (Å²) in [4.78, 5) is 19.2. The zero-order valence-corrected chi connectivity index (χ0v) is 23.7. The maximum atomic E-state index is 12.3. The van der Waals surface area contributed by atoms with Crippen LogP contribution in [0.25, 0.3) is 0 Å². The van der Waals surface area contributed by atoms with E-state index in [1.807, 2.05) is 20.0 Å². The van der Waals surface area contributed by atoms with Crippen molar-refractivity contribution in [2.24, 2.45) is 11.3 Å². The average molecular weight is 548 g/mol. The second-order valence-electron chi connectivity index (χ2n) is 10.5. The molecule has 0 radical (unpaired) electrons. The first kappa shape index (κ1) is 27.7. The topological polar surface area (TPSA) is 125 Å². The van der Waals surface area contributed by atoms with Gasteiger partial charge in [-0.3, -0.25) is 23.6 Å². The molecule has 3 aromatic rings. The van der Waals surface area contributed by atoms with Crippen LogP contribution >= 0.6 is 22.1 Å². The summed E-state index contributed by atoms with van der Waals surface area (Å²) in [6, 6.07) is 5.56. The molecule has 3 aromatic heterocycles. The molecule has 4 heterocycles. The molecule has 1 aliphatic rings. The summed E-state index contributed by atoms with van der Waals surface area (Å²) in [5.41, 5.74) is 1.59. The standard InChI is InChI=1S/C26H37N5O4S2/c1-6-30-16-20(28-29-30)9-10-21(26(4,5)25(32)33)23-13-19(18(3)36-23)15-31-14-17(2)12-22-24(37(31,34)35)8-7-11-27-22/h7-8,11,13,16-17,21,34-35H,6,9-10,12,14-15H2,1-5H3,(H,32,33)/t17-,21-/m0/s1. The lowest BCUT2D eigenvalue weighted by Gasteiger charge is -2.42. The Morgan fingerprint density at radius 3 is 2.78 bits per heavy atom. The molecule has 0 saturated heterocycles. The molecule has 0 unspecified atom stereocenters. The molecule has 0 aromatic carbocycles. The normalized spacial score (nSPS) is 19.7.